The number of rotatable bonds is 3. The quantitative estimate of drug-likeness (QED) is 0.745. The Bertz CT molecular complexity index is 935. The maximum Gasteiger partial charge on any atom is 0.410 e. The van der Waals surface area contributed by atoms with Crippen LogP contribution in [0.1, 0.15) is 42.3 Å². The number of nitrogens with zero attached hydrogens (tertiary/aromatic N) is 1. The van der Waals surface area contributed by atoms with E-state index in [2.05, 4.69) is 0 Å². The lowest BCUT2D eigenvalue weighted by molar-refractivity contribution is 0.0258. The van der Waals surface area contributed by atoms with E-state index in [0.29, 0.717) is 31.0 Å². The van der Waals surface area contributed by atoms with Crippen LogP contribution in [0, 0.1) is 0 Å². The summed E-state index contributed by atoms with van der Waals surface area (Å²) in [4.78, 5) is 25.1. The molecule has 29 heavy (non-hydrogen) atoms. The standard InChI is InChI=1S/C22H24ClNO5/c1-22(2,3)29-21(27)24-10-8-14-4-6-17(12-15(14)9-11-24)28-19-7-5-16(20(25)26)13-18(19)23/h4-7,12-13H,8-11H2,1-3H3,(H,25,26). The Morgan fingerprint density at radius 3 is 2.34 bits per heavy atom. The summed E-state index contributed by atoms with van der Waals surface area (Å²) in [5, 5.41) is 9.27. The summed E-state index contributed by atoms with van der Waals surface area (Å²) in [5.41, 5.74) is 1.85. The molecule has 7 heteroatoms. The number of halogens is 1. The zero-order valence-corrected chi connectivity index (χ0v) is 17.5. The first kappa shape index (κ1) is 21.0. The maximum absolute atomic E-state index is 12.4. The first-order valence-electron chi connectivity index (χ1n) is 9.43. The van der Waals surface area contributed by atoms with Crippen LogP contribution in [-0.4, -0.2) is 40.8 Å². The third-order valence-electron chi connectivity index (χ3n) is 4.54. The summed E-state index contributed by atoms with van der Waals surface area (Å²) in [6.07, 6.45) is 1.13. The van der Waals surface area contributed by atoms with Gasteiger partial charge in [-0.15, -0.1) is 0 Å². The van der Waals surface area contributed by atoms with Gasteiger partial charge in [-0.2, -0.15) is 0 Å². The maximum atomic E-state index is 12.4. The van der Waals surface area contributed by atoms with Crippen molar-refractivity contribution >= 4 is 23.7 Å². The molecule has 0 unspecified atom stereocenters. The Balaban J connectivity index is 1.72. The molecule has 0 radical (unpaired) electrons. The molecule has 1 heterocycles. The fraction of sp³-hybridized carbons (Fsp3) is 0.364. The highest BCUT2D eigenvalue weighted by Gasteiger charge is 2.24. The number of benzene rings is 2. The van der Waals surface area contributed by atoms with E-state index in [4.69, 9.17) is 26.2 Å². The fourth-order valence-electron chi connectivity index (χ4n) is 3.12. The first-order valence-corrected chi connectivity index (χ1v) is 9.80. The molecule has 3 rings (SSSR count). The Kier molecular flexibility index (Phi) is 6.03. The Hall–Kier alpha value is -2.73. The molecule has 0 bridgehead atoms. The lowest BCUT2D eigenvalue weighted by atomic mass is 10.0. The average Bonchev–Trinajstić information content (AvgIpc) is 2.84. The van der Waals surface area contributed by atoms with Crippen molar-refractivity contribution in [1.29, 1.82) is 0 Å². The molecule has 0 saturated heterocycles. The van der Waals surface area contributed by atoms with E-state index in [1.54, 1.807) is 11.0 Å². The van der Waals surface area contributed by atoms with Gasteiger partial charge in [0.1, 0.15) is 17.1 Å². The third kappa shape index (κ3) is 5.41. The van der Waals surface area contributed by atoms with Gasteiger partial charge in [0, 0.05) is 13.1 Å². The van der Waals surface area contributed by atoms with Gasteiger partial charge in [-0.3, -0.25) is 0 Å². The number of carboxylic acid groups (broad SMARTS) is 1. The van der Waals surface area contributed by atoms with Gasteiger partial charge >= 0.3 is 12.1 Å². The van der Waals surface area contributed by atoms with Gasteiger partial charge in [0.05, 0.1) is 10.6 Å². The molecule has 0 aliphatic carbocycles. The molecular formula is C22H24ClNO5. The van der Waals surface area contributed by atoms with Gasteiger partial charge in [0.15, 0.2) is 0 Å². The normalized spacial score (nSPS) is 14.0. The number of hydrogen-bond donors (Lipinski definition) is 1. The first-order chi connectivity index (χ1) is 13.6. The summed E-state index contributed by atoms with van der Waals surface area (Å²) in [6, 6.07) is 10.1. The second kappa shape index (κ2) is 8.33. The van der Waals surface area contributed by atoms with E-state index in [1.165, 1.54) is 12.1 Å². The van der Waals surface area contributed by atoms with Crippen LogP contribution in [0.15, 0.2) is 36.4 Å². The molecule has 0 saturated carbocycles. The van der Waals surface area contributed by atoms with Crippen LogP contribution in [0.2, 0.25) is 5.02 Å². The predicted molar refractivity (Wildman–Crippen MR) is 110 cm³/mol. The summed E-state index contributed by atoms with van der Waals surface area (Å²) in [5.74, 6) is -0.0434. The number of aromatic carboxylic acids is 1. The molecule has 0 aromatic heterocycles. The van der Waals surface area contributed by atoms with Gasteiger partial charge in [0.2, 0.25) is 0 Å². The molecule has 2 aromatic rings. The monoisotopic (exact) mass is 417 g/mol. The van der Waals surface area contributed by atoms with Gasteiger partial charge in [0.25, 0.3) is 0 Å². The highest BCUT2D eigenvalue weighted by molar-refractivity contribution is 6.32. The smallest absolute Gasteiger partial charge is 0.410 e. The third-order valence-corrected chi connectivity index (χ3v) is 4.83. The number of hydrogen-bond acceptors (Lipinski definition) is 4. The van der Waals surface area contributed by atoms with Gasteiger partial charge < -0.3 is 19.5 Å². The number of amides is 1. The molecule has 0 fully saturated rings. The lowest BCUT2D eigenvalue weighted by Gasteiger charge is -2.26. The van der Waals surface area contributed by atoms with E-state index >= 15 is 0 Å². The average molecular weight is 418 g/mol. The molecule has 1 aliphatic rings. The SMILES string of the molecule is CC(C)(C)OC(=O)N1CCc2ccc(Oc3ccc(C(=O)O)cc3Cl)cc2CC1. The van der Waals surface area contributed by atoms with Crippen molar-refractivity contribution in [2.75, 3.05) is 13.1 Å². The molecule has 0 atom stereocenters. The van der Waals surface area contributed by atoms with Gasteiger partial charge in [-0.05, 0) is 75.1 Å². The Labute approximate surface area is 175 Å². The summed E-state index contributed by atoms with van der Waals surface area (Å²) in [7, 11) is 0. The summed E-state index contributed by atoms with van der Waals surface area (Å²) < 4.78 is 11.3. The van der Waals surface area contributed by atoms with Crippen LogP contribution in [0.4, 0.5) is 4.79 Å². The van der Waals surface area contributed by atoms with Crippen LogP contribution < -0.4 is 4.74 Å². The number of fused-ring (bicyclic) bond motifs is 1. The van der Waals surface area contributed by atoms with Crippen molar-refractivity contribution in [3.8, 4) is 11.5 Å². The minimum atomic E-state index is -1.04. The minimum absolute atomic E-state index is 0.103. The summed E-state index contributed by atoms with van der Waals surface area (Å²) >= 11 is 6.15. The van der Waals surface area contributed by atoms with Gasteiger partial charge in [-0.25, -0.2) is 9.59 Å². The highest BCUT2D eigenvalue weighted by atomic mass is 35.5. The molecule has 154 valence electrons. The van der Waals surface area contributed by atoms with Crippen molar-refractivity contribution in [2.24, 2.45) is 0 Å². The highest BCUT2D eigenvalue weighted by Crippen LogP contribution is 2.32. The zero-order valence-electron chi connectivity index (χ0n) is 16.7. The minimum Gasteiger partial charge on any atom is -0.478 e. The molecular weight excluding hydrogens is 394 g/mol. The molecule has 1 amide bonds. The fourth-order valence-corrected chi connectivity index (χ4v) is 3.34. The van der Waals surface area contributed by atoms with Crippen LogP contribution in [0.3, 0.4) is 0 Å². The predicted octanol–water partition coefficient (Wildman–Crippen LogP) is 5.17. The van der Waals surface area contributed by atoms with Crippen LogP contribution >= 0.6 is 11.6 Å². The topological polar surface area (TPSA) is 76.1 Å². The van der Waals surface area contributed by atoms with Crippen LogP contribution in [-0.2, 0) is 17.6 Å². The van der Waals surface area contributed by atoms with Crippen molar-refractivity contribution in [1.82, 2.24) is 4.90 Å². The lowest BCUT2D eigenvalue weighted by Crippen LogP contribution is -2.38. The van der Waals surface area contributed by atoms with Crippen molar-refractivity contribution in [3.05, 3.63) is 58.1 Å². The van der Waals surface area contributed by atoms with E-state index in [0.717, 1.165) is 17.5 Å². The molecule has 6 nitrogen and oxygen atoms in total. The van der Waals surface area contributed by atoms with E-state index < -0.39 is 11.6 Å². The van der Waals surface area contributed by atoms with E-state index in [9.17, 15) is 9.59 Å². The Morgan fingerprint density at radius 2 is 1.72 bits per heavy atom. The Morgan fingerprint density at radius 1 is 1.03 bits per heavy atom. The second-order valence-corrected chi connectivity index (χ2v) is 8.36. The number of ether oxygens (including phenoxy) is 2. The van der Waals surface area contributed by atoms with E-state index in [1.807, 2.05) is 39.0 Å². The summed E-state index contributed by atoms with van der Waals surface area (Å²) in [6.45, 7) is 6.74. The molecule has 1 N–H and O–H groups in total. The van der Waals surface area contributed by atoms with Crippen molar-refractivity contribution < 1.29 is 24.2 Å². The van der Waals surface area contributed by atoms with Gasteiger partial charge in [-0.1, -0.05) is 17.7 Å². The van der Waals surface area contributed by atoms with Crippen molar-refractivity contribution in [3.63, 3.8) is 0 Å². The van der Waals surface area contributed by atoms with E-state index in [-0.39, 0.29) is 16.7 Å². The van der Waals surface area contributed by atoms with Crippen LogP contribution in [0.25, 0.3) is 0 Å². The molecule has 0 spiro atoms. The zero-order chi connectivity index (χ0) is 21.2. The largest absolute Gasteiger partial charge is 0.478 e. The second-order valence-electron chi connectivity index (χ2n) is 7.95. The number of carbonyl (C=O) groups excluding carboxylic acids is 1. The molecule has 2 aromatic carbocycles. The number of carboxylic acids is 1. The van der Waals surface area contributed by atoms with Crippen LogP contribution in [0.5, 0.6) is 11.5 Å². The molecule has 1 aliphatic heterocycles. The van der Waals surface area contributed by atoms with Crippen molar-refractivity contribution in [2.45, 2.75) is 39.2 Å². The number of carbonyl (C=O) groups is 2.